The highest BCUT2D eigenvalue weighted by atomic mass is 16.5. The molecule has 0 saturated heterocycles. The van der Waals surface area contributed by atoms with E-state index in [1.807, 2.05) is 12.1 Å². The van der Waals surface area contributed by atoms with Crippen LogP contribution >= 0.6 is 0 Å². The summed E-state index contributed by atoms with van der Waals surface area (Å²) in [5.41, 5.74) is 2.69. The van der Waals surface area contributed by atoms with Crippen LogP contribution in [-0.2, 0) is 4.74 Å². The normalized spacial score (nSPS) is 10.7. The predicted molar refractivity (Wildman–Crippen MR) is 72.2 cm³/mol. The fourth-order valence-corrected chi connectivity index (χ4v) is 1.97. The number of fused-ring (bicyclic) bond motifs is 1. The molecule has 0 aliphatic rings. The summed E-state index contributed by atoms with van der Waals surface area (Å²) in [5, 5.41) is 4.40. The first kappa shape index (κ1) is 12.3. The lowest BCUT2D eigenvalue weighted by atomic mass is 10.1. The van der Waals surface area contributed by atoms with Crippen LogP contribution in [0, 0.1) is 0 Å². The van der Waals surface area contributed by atoms with Gasteiger partial charge in [-0.15, -0.1) is 0 Å². The van der Waals surface area contributed by atoms with Crippen molar-refractivity contribution in [3.63, 3.8) is 0 Å². The highest BCUT2D eigenvalue weighted by Crippen LogP contribution is 2.23. The summed E-state index contributed by atoms with van der Waals surface area (Å²) in [6.07, 6.45) is 6.43. The second kappa shape index (κ2) is 5.08. The van der Waals surface area contributed by atoms with Crippen molar-refractivity contribution in [1.29, 1.82) is 0 Å². The SMILES string of the molecule is CCOC(=O)c1cnccc1-c1cc2ccncn2n1. The second-order valence-corrected chi connectivity index (χ2v) is 4.12. The zero-order chi connectivity index (χ0) is 13.9. The Morgan fingerprint density at radius 3 is 2.95 bits per heavy atom. The molecule has 6 nitrogen and oxygen atoms in total. The molecule has 0 N–H and O–H groups in total. The predicted octanol–water partition coefficient (Wildman–Crippen LogP) is 1.97. The van der Waals surface area contributed by atoms with Crippen LogP contribution in [0.4, 0.5) is 0 Å². The number of hydrogen-bond acceptors (Lipinski definition) is 5. The zero-order valence-corrected chi connectivity index (χ0v) is 10.9. The first-order valence-corrected chi connectivity index (χ1v) is 6.20. The van der Waals surface area contributed by atoms with E-state index in [9.17, 15) is 4.79 Å². The van der Waals surface area contributed by atoms with Crippen molar-refractivity contribution in [3.8, 4) is 11.3 Å². The molecule has 0 unspecified atom stereocenters. The van der Waals surface area contributed by atoms with E-state index in [0.29, 0.717) is 23.4 Å². The molecule has 20 heavy (non-hydrogen) atoms. The minimum absolute atomic E-state index is 0.322. The van der Waals surface area contributed by atoms with E-state index in [2.05, 4.69) is 15.1 Å². The van der Waals surface area contributed by atoms with E-state index >= 15 is 0 Å². The van der Waals surface area contributed by atoms with Crippen LogP contribution in [0.1, 0.15) is 17.3 Å². The van der Waals surface area contributed by atoms with Crippen LogP contribution in [0.25, 0.3) is 16.8 Å². The fraction of sp³-hybridized carbons (Fsp3) is 0.143. The van der Waals surface area contributed by atoms with Crippen LogP contribution in [0.5, 0.6) is 0 Å². The maximum atomic E-state index is 11.9. The summed E-state index contributed by atoms with van der Waals surface area (Å²) in [4.78, 5) is 19.9. The van der Waals surface area contributed by atoms with Gasteiger partial charge in [0.25, 0.3) is 0 Å². The van der Waals surface area contributed by atoms with Gasteiger partial charge in [-0.2, -0.15) is 5.10 Å². The summed E-state index contributed by atoms with van der Waals surface area (Å²) in [6.45, 7) is 2.09. The van der Waals surface area contributed by atoms with Crippen molar-refractivity contribution in [3.05, 3.63) is 48.7 Å². The Bertz CT molecular complexity index is 733. The highest BCUT2D eigenvalue weighted by molar-refractivity contribution is 5.96. The number of carbonyl (C=O) groups is 1. The van der Waals surface area contributed by atoms with Crippen molar-refractivity contribution in [1.82, 2.24) is 19.6 Å². The first-order chi connectivity index (χ1) is 9.79. The summed E-state index contributed by atoms with van der Waals surface area (Å²) >= 11 is 0. The number of rotatable bonds is 3. The van der Waals surface area contributed by atoms with Gasteiger partial charge in [0.2, 0.25) is 0 Å². The number of aromatic nitrogens is 4. The molecule has 0 aliphatic heterocycles. The second-order valence-electron chi connectivity index (χ2n) is 4.12. The van der Waals surface area contributed by atoms with Crippen molar-refractivity contribution < 1.29 is 9.53 Å². The van der Waals surface area contributed by atoms with E-state index in [1.165, 1.54) is 6.20 Å². The third-order valence-corrected chi connectivity index (χ3v) is 2.86. The molecular formula is C14H12N4O2. The van der Waals surface area contributed by atoms with E-state index in [-0.39, 0.29) is 0 Å². The van der Waals surface area contributed by atoms with E-state index in [0.717, 1.165) is 5.52 Å². The van der Waals surface area contributed by atoms with Gasteiger partial charge in [0.05, 0.1) is 23.4 Å². The lowest BCUT2D eigenvalue weighted by Gasteiger charge is -2.05. The van der Waals surface area contributed by atoms with E-state index in [4.69, 9.17) is 4.74 Å². The Morgan fingerprint density at radius 1 is 1.30 bits per heavy atom. The standard InChI is InChI=1S/C14H12N4O2/c1-2-20-14(19)12-8-15-6-4-11(12)13-7-10-3-5-16-9-18(10)17-13/h3-9H,2H2,1H3. The monoisotopic (exact) mass is 268 g/mol. The quantitative estimate of drug-likeness (QED) is 0.679. The van der Waals surface area contributed by atoms with Crippen LogP contribution in [0.15, 0.2) is 43.1 Å². The first-order valence-electron chi connectivity index (χ1n) is 6.20. The van der Waals surface area contributed by atoms with Crippen molar-refractivity contribution >= 4 is 11.5 Å². The summed E-state index contributed by atoms with van der Waals surface area (Å²) in [6, 6.07) is 5.49. The number of nitrogens with zero attached hydrogens (tertiary/aromatic N) is 4. The minimum Gasteiger partial charge on any atom is -0.462 e. The highest BCUT2D eigenvalue weighted by Gasteiger charge is 2.16. The number of carbonyl (C=O) groups excluding carboxylic acids is 1. The van der Waals surface area contributed by atoms with Crippen LogP contribution in [0.3, 0.4) is 0 Å². The average Bonchev–Trinajstić information content (AvgIpc) is 2.91. The Labute approximate surface area is 115 Å². The lowest BCUT2D eigenvalue weighted by molar-refractivity contribution is 0.0527. The van der Waals surface area contributed by atoms with E-state index < -0.39 is 5.97 Å². The number of ether oxygens (including phenoxy) is 1. The van der Waals surface area contributed by atoms with Crippen LogP contribution in [-0.4, -0.2) is 32.2 Å². The van der Waals surface area contributed by atoms with Gasteiger partial charge in [-0.25, -0.2) is 14.3 Å². The van der Waals surface area contributed by atoms with E-state index in [1.54, 1.807) is 36.2 Å². The zero-order valence-electron chi connectivity index (χ0n) is 10.9. The molecule has 6 heteroatoms. The molecule has 100 valence electrons. The third-order valence-electron chi connectivity index (χ3n) is 2.86. The molecule has 0 atom stereocenters. The van der Waals surface area contributed by atoms with Gasteiger partial charge in [0.1, 0.15) is 6.33 Å². The maximum absolute atomic E-state index is 11.9. The van der Waals surface area contributed by atoms with Gasteiger partial charge in [-0.05, 0) is 25.1 Å². The molecular weight excluding hydrogens is 256 g/mol. The van der Waals surface area contributed by atoms with Gasteiger partial charge in [0.15, 0.2) is 0 Å². The summed E-state index contributed by atoms with van der Waals surface area (Å²) in [7, 11) is 0. The summed E-state index contributed by atoms with van der Waals surface area (Å²) < 4.78 is 6.70. The number of pyridine rings is 1. The largest absolute Gasteiger partial charge is 0.462 e. The van der Waals surface area contributed by atoms with Gasteiger partial charge < -0.3 is 4.74 Å². The molecule has 0 aromatic carbocycles. The molecule has 0 fully saturated rings. The van der Waals surface area contributed by atoms with Gasteiger partial charge in [-0.3, -0.25) is 4.98 Å². The molecule has 3 aromatic rings. The molecule has 3 heterocycles. The third kappa shape index (κ3) is 2.11. The Morgan fingerprint density at radius 2 is 2.15 bits per heavy atom. The minimum atomic E-state index is -0.397. The molecule has 0 saturated carbocycles. The van der Waals surface area contributed by atoms with Crippen molar-refractivity contribution in [2.45, 2.75) is 6.92 Å². The number of esters is 1. The fourth-order valence-electron chi connectivity index (χ4n) is 1.97. The van der Waals surface area contributed by atoms with Crippen molar-refractivity contribution in [2.24, 2.45) is 0 Å². The molecule has 0 bridgehead atoms. The molecule has 3 aromatic heterocycles. The summed E-state index contributed by atoms with van der Waals surface area (Å²) in [5.74, 6) is -0.397. The lowest BCUT2D eigenvalue weighted by Crippen LogP contribution is -2.07. The molecule has 3 rings (SSSR count). The van der Waals surface area contributed by atoms with Gasteiger partial charge in [0, 0.05) is 24.2 Å². The van der Waals surface area contributed by atoms with Crippen LogP contribution in [0.2, 0.25) is 0 Å². The van der Waals surface area contributed by atoms with Crippen LogP contribution < -0.4 is 0 Å². The Kier molecular flexibility index (Phi) is 3.12. The Hall–Kier alpha value is -2.76. The average molecular weight is 268 g/mol. The molecule has 0 amide bonds. The Balaban J connectivity index is 2.11. The molecule has 0 spiro atoms. The number of hydrogen-bond donors (Lipinski definition) is 0. The van der Waals surface area contributed by atoms with Gasteiger partial charge >= 0.3 is 5.97 Å². The van der Waals surface area contributed by atoms with Crippen molar-refractivity contribution in [2.75, 3.05) is 6.61 Å². The topological polar surface area (TPSA) is 69.4 Å². The molecule has 0 aliphatic carbocycles. The smallest absolute Gasteiger partial charge is 0.340 e. The van der Waals surface area contributed by atoms with Gasteiger partial charge in [-0.1, -0.05) is 0 Å². The molecule has 0 radical (unpaired) electrons. The maximum Gasteiger partial charge on any atom is 0.340 e.